The lowest BCUT2D eigenvalue weighted by molar-refractivity contribution is -0.122. The molecule has 0 saturated heterocycles. The lowest BCUT2D eigenvalue weighted by Gasteiger charge is -2.30. The number of anilines is 1. The number of hydrogen-bond acceptors (Lipinski definition) is 4. The summed E-state index contributed by atoms with van der Waals surface area (Å²) in [5.41, 5.74) is 5.64. The number of amides is 1. The van der Waals surface area contributed by atoms with Crippen molar-refractivity contribution in [3.05, 3.63) is 58.1 Å². The number of sulfonamides is 1. The molecule has 0 spiro atoms. The normalized spacial score (nSPS) is 13.5. The van der Waals surface area contributed by atoms with E-state index in [0.29, 0.717) is 11.4 Å². The molecule has 0 unspecified atom stereocenters. The minimum atomic E-state index is -3.74. The maximum atomic E-state index is 13.1. The third-order valence-corrected chi connectivity index (χ3v) is 6.60. The molecule has 0 radical (unpaired) electrons. The zero-order chi connectivity index (χ0) is 22.8. The number of aryl methyl sites for hydroxylation is 4. The van der Waals surface area contributed by atoms with Crippen molar-refractivity contribution in [1.29, 1.82) is 0 Å². The first-order valence-corrected chi connectivity index (χ1v) is 11.7. The SMILES string of the molecule is COc1ccc(C)cc1N([C@H](C)C(=O)N[C@@H](C)c1cc(C)c(C)cc1C)S(C)(=O)=O. The van der Waals surface area contributed by atoms with Gasteiger partial charge in [0.25, 0.3) is 0 Å². The van der Waals surface area contributed by atoms with Crippen molar-refractivity contribution in [3.63, 3.8) is 0 Å². The number of methoxy groups -OCH3 is 1. The predicted octanol–water partition coefficient (Wildman–Crippen LogP) is 3.96. The van der Waals surface area contributed by atoms with Crippen molar-refractivity contribution in [2.24, 2.45) is 0 Å². The average Bonchev–Trinajstić information content (AvgIpc) is 2.63. The number of carbonyl (C=O) groups excluding carboxylic acids is 1. The lowest BCUT2D eigenvalue weighted by atomic mass is 9.96. The summed E-state index contributed by atoms with van der Waals surface area (Å²) in [6.45, 7) is 11.4. The lowest BCUT2D eigenvalue weighted by Crippen LogP contribution is -2.48. The second-order valence-electron chi connectivity index (χ2n) is 7.93. The highest BCUT2D eigenvalue weighted by molar-refractivity contribution is 7.92. The third-order valence-electron chi connectivity index (χ3n) is 5.37. The van der Waals surface area contributed by atoms with E-state index in [1.165, 1.54) is 12.7 Å². The average molecular weight is 433 g/mol. The van der Waals surface area contributed by atoms with Gasteiger partial charge in [-0.25, -0.2) is 8.42 Å². The largest absolute Gasteiger partial charge is 0.495 e. The van der Waals surface area contributed by atoms with Crippen molar-refractivity contribution in [1.82, 2.24) is 5.32 Å². The Balaban J connectivity index is 2.38. The van der Waals surface area contributed by atoms with Gasteiger partial charge in [0.05, 0.1) is 25.1 Å². The first-order valence-electron chi connectivity index (χ1n) is 9.89. The number of rotatable bonds is 7. The molecule has 30 heavy (non-hydrogen) atoms. The van der Waals surface area contributed by atoms with Crippen molar-refractivity contribution in [2.75, 3.05) is 17.7 Å². The molecule has 0 aliphatic carbocycles. The molecule has 2 rings (SSSR count). The minimum absolute atomic E-state index is 0.264. The molecule has 0 fully saturated rings. The summed E-state index contributed by atoms with van der Waals surface area (Å²) in [6.07, 6.45) is 1.09. The fourth-order valence-corrected chi connectivity index (χ4v) is 4.78. The van der Waals surface area contributed by atoms with Crippen LogP contribution in [0.4, 0.5) is 5.69 Å². The van der Waals surface area contributed by atoms with E-state index < -0.39 is 16.1 Å². The monoisotopic (exact) mass is 432 g/mol. The summed E-state index contributed by atoms with van der Waals surface area (Å²) in [7, 11) is -2.26. The van der Waals surface area contributed by atoms with Gasteiger partial charge in [0.1, 0.15) is 11.8 Å². The minimum Gasteiger partial charge on any atom is -0.495 e. The van der Waals surface area contributed by atoms with Gasteiger partial charge in [-0.1, -0.05) is 18.2 Å². The molecule has 2 aromatic carbocycles. The molecule has 0 heterocycles. The fraction of sp³-hybridized carbons (Fsp3) is 0.435. The van der Waals surface area contributed by atoms with Crippen LogP contribution in [-0.2, 0) is 14.8 Å². The van der Waals surface area contributed by atoms with Gasteiger partial charge < -0.3 is 10.1 Å². The van der Waals surface area contributed by atoms with Crippen LogP contribution in [0.1, 0.15) is 47.7 Å². The van der Waals surface area contributed by atoms with Gasteiger partial charge in [-0.15, -0.1) is 0 Å². The number of nitrogens with zero attached hydrogens (tertiary/aromatic N) is 1. The fourth-order valence-electron chi connectivity index (χ4n) is 3.61. The number of carbonyl (C=O) groups is 1. The molecule has 0 bridgehead atoms. The Hall–Kier alpha value is -2.54. The smallest absolute Gasteiger partial charge is 0.244 e. The number of hydrogen-bond donors (Lipinski definition) is 1. The van der Waals surface area contributed by atoms with E-state index in [4.69, 9.17) is 4.74 Å². The Bertz CT molecular complexity index is 1050. The van der Waals surface area contributed by atoms with Crippen LogP contribution >= 0.6 is 0 Å². The Kier molecular flexibility index (Phi) is 7.18. The van der Waals surface area contributed by atoms with E-state index in [0.717, 1.165) is 32.8 Å². The van der Waals surface area contributed by atoms with Gasteiger partial charge in [0.2, 0.25) is 15.9 Å². The molecular weight excluding hydrogens is 400 g/mol. The van der Waals surface area contributed by atoms with Crippen LogP contribution in [0.5, 0.6) is 5.75 Å². The Morgan fingerprint density at radius 3 is 2.17 bits per heavy atom. The molecule has 1 N–H and O–H groups in total. The number of ether oxygens (including phenoxy) is 1. The Labute approximate surface area is 180 Å². The van der Waals surface area contributed by atoms with Crippen molar-refractivity contribution >= 4 is 21.6 Å². The molecule has 7 heteroatoms. The molecule has 0 aliphatic heterocycles. The van der Waals surface area contributed by atoms with Crippen molar-refractivity contribution < 1.29 is 17.9 Å². The first-order chi connectivity index (χ1) is 13.9. The van der Waals surface area contributed by atoms with Crippen LogP contribution in [0.3, 0.4) is 0 Å². The molecule has 0 aromatic heterocycles. The summed E-state index contributed by atoms with van der Waals surface area (Å²) >= 11 is 0. The Morgan fingerprint density at radius 2 is 1.60 bits per heavy atom. The summed E-state index contributed by atoms with van der Waals surface area (Å²) in [5, 5.41) is 2.97. The van der Waals surface area contributed by atoms with E-state index in [1.54, 1.807) is 19.1 Å². The molecule has 0 aliphatic rings. The molecule has 6 nitrogen and oxygen atoms in total. The zero-order valence-corrected chi connectivity index (χ0v) is 19.8. The summed E-state index contributed by atoms with van der Waals surface area (Å²) in [6, 6.07) is 8.19. The van der Waals surface area contributed by atoms with Gasteiger partial charge in [-0.2, -0.15) is 0 Å². The van der Waals surface area contributed by atoms with E-state index in [1.807, 2.05) is 33.8 Å². The predicted molar refractivity (Wildman–Crippen MR) is 122 cm³/mol. The van der Waals surface area contributed by atoms with Crippen LogP contribution in [0.25, 0.3) is 0 Å². The second-order valence-corrected chi connectivity index (χ2v) is 9.79. The maximum absolute atomic E-state index is 13.1. The van der Waals surface area contributed by atoms with Gasteiger partial charge in [0, 0.05) is 0 Å². The van der Waals surface area contributed by atoms with Crippen LogP contribution in [0, 0.1) is 27.7 Å². The van der Waals surface area contributed by atoms with E-state index in [2.05, 4.69) is 24.4 Å². The Morgan fingerprint density at radius 1 is 1.00 bits per heavy atom. The van der Waals surface area contributed by atoms with Gasteiger partial charge in [-0.05, 0) is 81.5 Å². The van der Waals surface area contributed by atoms with Crippen LogP contribution in [0.2, 0.25) is 0 Å². The van der Waals surface area contributed by atoms with Crippen molar-refractivity contribution in [3.8, 4) is 5.75 Å². The highest BCUT2D eigenvalue weighted by atomic mass is 32.2. The highest BCUT2D eigenvalue weighted by Crippen LogP contribution is 2.33. The van der Waals surface area contributed by atoms with Crippen LogP contribution < -0.4 is 14.4 Å². The molecule has 164 valence electrons. The van der Waals surface area contributed by atoms with Crippen LogP contribution in [0.15, 0.2) is 30.3 Å². The van der Waals surface area contributed by atoms with E-state index in [9.17, 15) is 13.2 Å². The molecule has 1 amide bonds. The van der Waals surface area contributed by atoms with Gasteiger partial charge >= 0.3 is 0 Å². The quantitative estimate of drug-likeness (QED) is 0.719. The zero-order valence-electron chi connectivity index (χ0n) is 19.0. The summed E-state index contributed by atoms with van der Waals surface area (Å²) < 4.78 is 31.8. The molecule has 2 aromatic rings. The summed E-state index contributed by atoms with van der Waals surface area (Å²) in [4.78, 5) is 13.1. The molecule has 2 atom stereocenters. The summed E-state index contributed by atoms with van der Waals surface area (Å²) in [5.74, 6) is 0.0119. The number of benzene rings is 2. The second kappa shape index (κ2) is 9.08. The van der Waals surface area contributed by atoms with E-state index >= 15 is 0 Å². The van der Waals surface area contributed by atoms with Gasteiger partial charge in [0.15, 0.2) is 0 Å². The van der Waals surface area contributed by atoms with Crippen molar-refractivity contribution in [2.45, 2.75) is 53.6 Å². The van der Waals surface area contributed by atoms with E-state index in [-0.39, 0.29) is 11.9 Å². The highest BCUT2D eigenvalue weighted by Gasteiger charge is 2.32. The maximum Gasteiger partial charge on any atom is 0.244 e. The molecule has 0 saturated carbocycles. The topological polar surface area (TPSA) is 75.7 Å². The number of nitrogens with one attached hydrogen (secondary N) is 1. The third kappa shape index (κ3) is 5.14. The standard InChI is InChI=1S/C23H32N2O4S/c1-14-9-10-22(29-7)21(11-14)25(30(8,27)28)19(6)23(26)24-18(5)20-13-16(3)15(2)12-17(20)4/h9-13,18-19H,1-8H3,(H,24,26)/t18-,19+/m0/s1. The molecular formula is C23H32N2O4S. The first kappa shape index (κ1) is 23.7. The van der Waals surface area contributed by atoms with Crippen LogP contribution in [-0.4, -0.2) is 33.7 Å². The van der Waals surface area contributed by atoms with Gasteiger partial charge in [-0.3, -0.25) is 9.10 Å².